The molecule has 1 aromatic heterocycles. The Hall–Kier alpha value is -3.38. The van der Waals surface area contributed by atoms with Gasteiger partial charge in [-0.05, 0) is 80.0 Å². The molecule has 182 valence electrons. The van der Waals surface area contributed by atoms with E-state index in [2.05, 4.69) is 46.7 Å². The van der Waals surface area contributed by atoms with E-state index in [1.165, 1.54) is 29.9 Å². The minimum atomic E-state index is -0.319. The summed E-state index contributed by atoms with van der Waals surface area (Å²) >= 11 is 1.51. The number of anilines is 1. The van der Waals surface area contributed by atoms with E-state index in [1.807, 2.05) is 49.6 Å². The molecule has 2 aromatic carbocycles. The lowest BCUT2D eigenvalue weighted by molar-refractivity contribution is -0.118. The monoisotopic (exact) mass is 487 g/mol. The first-order valence-electron chi connectivity index (χ1n) is 12.2. The summed E-state index contributed by atoms with van der Waals surface area (Å²) in [6, 6.07) is 19.4. The molecule has 1 aliphatic heterocycles. The topological polar surface area (TPSA) is 61.4 Å². The van der Waals surface area contributed by atoms with Crippen LogP contribution in [0.25, 0.3) is 6.08 Å². The number of thiophene rings is 1. The molecule has 0 radical (unpaired) electrons. The fourth-order valence-electron chi connectivity index (χ4n) is 4.25. The van der Waals surface area contributed by atoms with Crippen molar-refractivity contribution in [2.24, 2.45) is 5.92 Å². The first kappa shape index (κ1) is 24.7. The number of piperidine rings is 1. The largest absolute Gasteiger partial charge is 0.372 e. The maximum Gasteiger partial charge on any atom is 0.268 e. The molecular formula is C29H33N3O2S. The number of amides is 2. The van der Waals surface area contributed by atoms with Crippen molar-refractivity contribution in [1.82, 2.24) is 10.6 Å². The lowest BCUT2D eigenvalue weighted by Crippen LogP contribution is -2.36. The zero-order chi connectivity index (χ0) is 24.8. The smallest absolute Gasteiger partial charge is 0.268 e. The predicted molar refractivity (Wildman–Crippen MR) is 145 cm³/mol. The van der Waals surface area contributed by atoms with E-state index in [9.17, 15) is 9.59 Å². The zero-order valence-electron chi connectivity index (χ0n) is 20.6. The molecule has 4 rings (SSSR count). The highest BCUT2D eigenvalue weighted by atomic mass is 32.1. The Bertz CT molecular complexity index is 1180. The second-order valence-corrected chi connectivity index (χ2v) is 10.3. The van der Waals surface area contributed by atoms with Crippen LogP contribution >= 0.6 is 11.3 Å². The standard InChI is InChI=1S/C29H33N3O2S/c1-20-13-15-32(16-14-20)25-11-9-23(10-12-25)22(3)30-29(34)27(19-26-8-5-17-35-26)31-28(33)24-7-4-6-21(2)18-24/h4-12,17-20,22H,13-16H2,1-3H3,(H,30,34)(H,31,33)/b27-19-/t22-/m0/s1. The summed E-state index contributed by atoms with van der Waals surface area (Å²) in [4.78, 5) is 29.4. The normalized spacial score (nSPS) is 15.5. The van der Waals surface area contributed by atoms with E-state index in [0.717, 1.165) is 35.0 Å². The maximum absolute atomic E-state index is 13.2. The number of aryl methyl sites for hydroxylation is 1. The first-order valence-corrected chi connectivity index (χ1v) is 13.1. The lowest BCUT2D eigenvalue weighted by Gasteiger charge is -2.32. The third-order valence-electron chi connectivity index (χ3n) is 6.49. The Morgan fingerprint density at radius 2 is 1.80 bits per heavy atom. The minimum absolute atomic E-state index is 0.208. The zero-order valence-corrected chi connectivity index (χ0v) is 21.4. The Morgan fingerprint density at radius 3 is 2.46 bits per heavy atom. The molecule has 0 saturated carbocycles. The van der Waals surface area contributed by atoms with Crippen LogP contribution in [0.3, 0.4) is 0 Å². The predicted octanol–water partition coefficient (Wildman–Crippen LogP) is 5.94. The van der Waals surface area contributed by atoms with Gasteiger partial charge >= 0.3 is 0 Å². The van der Waals surface area contributed by atoms with Gasteiger partial charge in [-0.25, -0.2) is 0 Å². The minimum Gasteiger partial charge on any atom is -0.372 e. The molecule has 2 N–H and O–H groups in total. The van der Waals surface area contributed by atoms with E-state index < -0.39 is 0 Å². The van der Waals surface area contributed by atoms with Crippen LogP contribution in [-0.4, -0.2) is 24.9 Å². The van der Waals surface area contributed by atoms with Crippen LogP contribution < -0.4 is 15.5 Å². The number of carbonyl (C=O) groups is 2. The van der Waals surface area contributed by atoms with E-state index in [1.54, 1.807) is 12.1 Å². The van der Waals surface area contributed by atoms with Gasteiger partial charge in [0.25, 0.3) is 11.8 Å². The molecule has 2 amide bonds. The fraction of sp³-hybridized carbons (Fsp3) is 0.310. The molecule has 2 heterocycles. The first-order chi connectivity index (χ1) is 16.9. The number of rotatable bonds is 7. The number of benzene rings is 2. The SMILES string of the molecule is Cc1cccc(C(=O)N/C(=C\c2cccs2)C(=O)N[C@@H](C)c2ccc(N3CCC(C)CC3)cc2)c1. The molecule has 0 bridgehead atoms. The van der Waals surface area contributed by atoms with Crippen LogP contribution in [0.4, 0.5) is 5.69 Å². The molecule has 35 heavy (non-hydrogen) atoms. The van der Waals surface area contributed by atoms with Gasteiger partial charge in [0.2, 0.25) is 0 Å². The van der Waals surface area contributed by atoms with Crippen molar-refractivity contribution >= 4 is 34.9 Å². The highest BCUT2D eigenvalue weighted by Crippen LogP contribution is 2.25. The summed E-state index contributed by atoms with van der Waals surface area (Å²) in [5.74, 6) is 0.170. The van der Waals surface area contributed by atoms with Crippen LogP contribution in [0.2, 0.25) is 0 Å². The average Bonchev–Trinajstić information content (AvgIpc) is 3.37. The van der Waals surface area contributed by atoms with Gasteiger partial charge in [-0.1, -0.05) is 42.8 Å². The third-order valence-corrected chi connectivity index (χ3v) is 7.31. The number of hydrogen-bond acceptors (Lipinski definition) is 4. The Balaban J connectivity index is 1.45. The van der Waals surface area contributed by atoms with E-state index in [0.29, 0.717) is 5.56 Å². The lowest BCUT2D eigenvalue weighted by atomic mass is 9.98. The average molecular weight is 488 g/mol. The molecule has 0 spiro atoms. The van der Waals surface area contributed by atoms with Crippen molar-refractivity contribution in [1.29, 1.82) is 0 Å². The summed E-state index contributed by atoms with van der Waals surface area (Å²) < 4.78 is 0. The van der Waals surface area contributed by atoms with Crippen LogP contribution in [0.1, 0.15) is 59.1 Å². The summed E-state index contributed by atoms with van der Waals surface area (Å²) in [5, 5.41) is 7.81. The van der Waals surface area contributed by atoms with Gasteiger partial charge in [0, 0.05) is 29.2 Å². The molecular weight excluding hydrogens is 454 g/mol. The molecule has 5 nitrogen and oxygen atoms in total. The molecule has 1 atom stereocenters. The van der Waals surface area contributed by atoms with E-state index in [-0.39, 0.29) is 23.6 Å². The van der Waals surface area contributed by atoms with Crippen molar-refractivity contribution < 1.29 is 9.59 Å². The summed E-state index contributed by atoms with van der Waals surface area (Å²) in [6.45, 7) is 8.38. The van der Waals surface area contributed by atoms with Crippen LogP contribution in [-0.2, 0) is 4.79 Å². The van der Waals surface area contributed by atoms with Gasteiger partial charge in [0.15, 0.2) is 0 Å². The summed E-state index contributed by atoms with van der Waals surface area (Å²) in [6.07, 6.45) is 4.17. The van der Waals surface area contributed by atoms with Gasteiger partial charge in [0.1, 0.15) is 5.70 Å². The van der Waals surface area contributed by atoms with E-state index >= 15 is 0 Å². The second-order valence-electron chi connectivity index (χ2n) is 9.35. The quantitative estimate of drug-likeness (QED) is 0.406. The third kappa shape index (κ3) is 6.61. The highest BCUT2D eigenvalue weighted by Gasteiger charge is 2.19. The summed E-state index contributed by atoms with van der Waals surface area (Å²) in [7, 11) is 0. The van der Waals surface area contributed by atoms with Gasteiger partial charge in [0.05, 0.1) is 6.04 Å². The molecule has 1 aliphatic rings. The van der Waals surface area contributed by atoms with Crippen molar-refractivity contribution in [2.45, 2.75) is 39.7 Å². The van der Waals surface area contributed by atoms with Crippen molar-refractivity contribution in [2.75, 3.05) is 18.0 Å². The van der Waals surface area contributed by atoms with Crippen LogP contribution in [0, 0.1) is 12.8 Å². The molecule has 6 heteroatoms. The number of nitrogens with zero attached hydrogens (tertiary/aromatic N) is 1. The van der Waals surface area contributed by atoms with Crippen LogP contribution in [0.5, 0.6) is 0 Å². The number of hydrogen-bond donors (Lipinski definition) is 2. The second kappa shape index (κ2) is 11.4. The highest BCUT2D eigenvalue weighted by molar-refractivity contribution is 7.10. The molecule has 3 aromatic rings. The molecule has 1 fully saturated rings. The van der Waals surface area contributed by atoms with Gasteiger partial charge in [-0.2, -0.15) is 0 Å². The number of carbonyl (C=O) groups excluding carboxylic acids is 2. The number of nitrogens with one attached hydrogen (secondary N) is 2. The maximum atomic E-state index is 13.2. The van der Waals surface area contributed by atoms with Crippen molar-refractivity contribution in [3.05, 3.63) is 93.3 Å². The van der Waals surface area contributed by atoms with E-state index in [4.69, 9.17) is 0 Å². The van der Waals surface area contributed by atoms with Crippen LogP contribution in [0.15, 0.2) is 71.7 Å². The molecule has 0 aliphatic carbocycles. The summed E-state index contributed by atoms with van der Waals surface area (Å²) in [5.41, 5.74) is 3.98. The Labute approximate surface area is 211 Å². The Morgan fingerprint density at radius 1 is 1.06 bits per heavy atom. The Kier molecular flexibility index (Phi) is 8.03. The van der Waals surface area contributed by atoms with Crippen molar-refractivity contribution in [3.63, 3.8) is 0 Å². The van der Waals surface area contributed by atoms with Gasteiger partial charge < -0.3 is 15.5 Å². The molecule has 0 unspecified atom stereocenters. The van der Waals surface area contributed by atoms with Crippen molar-refractivity contribution in [3.8, 4) is 0 Å². The van der Waals surface area contributed by atoms with Gasteiger partial charge in [-0.3, -0.25) is 9.59 Å². The van der Waals surface area contributed by atoms with Gasteiger partial charge in [-0.15, -0.1) is 11.3 Å². The molecule has 1 saturated heterocycles. The fourth-order valence-corrected chi connectivity index (χ4v) is 4.91.